The fraction of sp³-hybridized carbons (Fsp3) is 0. The van der Waals surface area contributed by atoms with E-state index in [9.17, 15) is 13.2 Å². The first kappa shape index (κ1) is 14.2. The van der Waals surface area contributed by atoms with E-state index in [-0.39, 0.29) is 17.1 Å². The maximum Gasteiger partial charge on any atom is 0.446 e. The highest BCUT2D eigenvalue weighted by atomic mass is 32.3. The van der Waals surface area contributed by atoms with Gasteiger partial charge in [0.1, 0.15) is 11.6 Å². The van der Waals surface area contributed by atoms with Crippen LogP contribution in [-0.2, 0) is 10.4 Å². The SMILES string of the molecule is O=c1[nH]c(-c2cccc(OS(=O)(=O)O)c2)nc2ccccc12. The van der Waals surface area contributed by atoms with E-state index in [1.165, 1.54) is 18.2 Å². The van der Waals surface area contributed by atoms with Crippen molar-refractivity contribution in [1.29, 1.82) is 0 Å². The molecule has 0 aliphatic heterocycles. The molecule has 112 valence electrons. The third kappa shape index (κ3) is 2.97. The van der Waals surface area contributed by atoms with Crippen molar-refractivity contribution in [3.8, 4) is 17.1 Å². The highest BCUT2D eigenvalue weighted by Gasteiger charge is 2.10. The Labute approximate surface area is 125 Å². The smallest absolute Gasteiger partial charge is 0.362 e. The van der Waals surface area contributed by atoms with E-state index in [2.05, 4.69) is 14.2 Å². The summed E-state index contributed by atoms with van der Waals surface area (Å²) >= 11 is 0. The number of rotatable bonds is 3. The second-order valence-electron chi connectivity index (χ2n) is 4.47. The number of benzene rings is 2. The average molecular weight is 318 g/mol. The van der Waals surface area contributed by atoms with Crippen molar-refractivity contribution in [2.45, 2.75) is 0 Å². The van der Waals surface area contributed by atoms with Crippen LogP contribution in [0.5, 0.6) is 5.75 Å². The van der Waals surface area contributed by atoms with Gasteiger partial charge in [0, 0.05) is 5.56 Å². The quantitative estimate of drug-likeness (QED) is 0.712. The van der Waals surface area contributed by atoms with Crippen LogP contribution in [0.3, 0.4) is 0 Å². The van der Waals surface area contributed by atoms with Gasteiger partial charge in [0.15, 0.2) is 0 Å². The van der Waals surface area contributed by atoms with E-state index >= 15 is 0 Å². The summed E-state index contributed by atoms with van der Waals surface area (Å²) in [5.74, 6) is 0.181. The fourth-order valence-electron chi connectivity index (χ4n) is 2.04. The number of aromatic nitrogens is 2. The van der Waals surface area contributed by atoms with E-state index < -0.39 is 10.4 Å². The van der Waals surface area contributed by atoms with Crippen LogP contribution in [-0.4, -0.2) is 22.9 Å². The van der Waals surface area contributed by atoms with Gasteiger partial charge < -0.3 is 9.17 Å². The topological polar surface area (TPSA) is 109 Å². The van der Waals surface area contributed by atoms with Gasteiger partial charge in [-0.25, -0.2) is 4.98 Å². The summed E-state index contributed by atoms with van der Waals surface area (Å²) in [5, 5.41) is 0.455. The lowest BCUT2D eigenvalue weighted by atomic mass is 10.2. The zero-order chi connectivity index (χ0) is 15.7. The summed E-state index contributed by atoms with van der Waals surface area (Å²) in [6.07, 6.45) is 0. The Bertz CT molecular complexity index is 1010. The Morgan fingerprint density at radius 3 is 2.64 bits per heavy atom. The van der Waals surface area contributed by atoms with Gasteiger partial charge in [-0.05, 0) is 24.3 Å². The van der Waals surface area contributed by atoms with Crippen LogP contribution >= 0.6 is 0 Å². The van der Waals surface area contributed by atoms with Crippen molar-refractivity contribution >= 4 is 21.3 Å². The predicted molar refractivity (Wildman–Crippen MR) is 80.0 cm³/mol. The lowest BCUT2D eigenvalue weighted by Gasteiger charge is -2.05. The summed E-state index contributed by atoms with van der Waals surface area (Å²) < 4.78 is 34.6. The standard InChI is InChI=1S/C14H10N2O5S/c17-14-11-6-1-2-7-12(11)15-13(16-14)9-4-3-5-10(8-9)21-22(18,19)20/h1-8H,(H,15,16,17)(H,18,19,20). The molecule has 0 aliphatic carbocycles. The van der Waals surface area contributed by atoms with Crippen molar-refractivity contribution in [2.75, 3.05) is 0 Å². The molecule has 3 aromatic rings. The van der Waals surface area contributed by atoms with Gasteiger partial charge in [0.25, 0.3) is 5.56 Å². The summed E-state index contributed by atoms with van der Waals surface area (Å²) in [6, 6.07) is 12.7. The third-order valence-electron chi connectivity index (χ3n) is 2.92. The molecule has 0 aliphatic rings. The van der Waals surface area contributed by atoms with Gasteiger partial charge in [-0.15, -0.1) is 0 Å². The van der Waals surface area contributed by atoms with Crippen LogP contribution in [0.1, 0.15) is 0 Å². The number of hydrogen-bond donors (Lipinski definition) is 2. The zero-order valence-corrected chi connectivity index (χ0v) is 11.9. The Balaban J connectivity index is 2.12. The molecular weight excluding hydrogens is 308 g/mol. The number of nitrogens with zero attached hydrogens (tertiary/aromatic N) is 1. The molecule has 22 heavy (non-hydrogen) atoms. The molecule has 0 atom stereocenters. The molecule has 3 rings (SSSR count). The van der Waals surface area contributed by atoms with E-state index in [1.807, 2.05) is 0 Å². The summed E-state index contributed by atoms with van der Waals surface area (Å²) in [6.45, 7) is 0. The zero-order valence-electron chi connectivity index (χ0n) is 11.1. The maximum atomic E-state index is 12.0. The second-order valence-corrected chi connectivity index (χ2v) is 5.49. The molecule has 7 nitrogen and oxygen atoms in total. The van der Waals surface area contributed by atoms with Gasteiger partial charge in [-0.2, -0.15) is 8.42 Å². The molecule has 0 amide bonds. The molecule has 0 spiro atoms. The first-order valence-corrected chi connectivity index (χ1v) is 7.55. The molecule has 0 saturated heterocycles. The molecule has 0 bridgehead atoms. The van der Waals surface area contributed by atoms with Crippen LogP contribution < -0.4 is 9.74 Å². The second kappa shape index (κ2) is 5.24. The maximum absolute atomic E-state index is 12.0. The number of H-pyrrole nitrogens is 1. The van der Waals surface area contributed by atoms with Crippen molar-refractivity contribution in [3.05, 3.63) is 58.9 Å². The van der Waals surface area contributed by atoms with Crippen molar-refractivity contribution in [3.63, 3.8) is 0 Å². The summed E-state index contributed by atoms with van der Waals surface area (Å²) in [5.41, 5.74) is 0.660. The first-order chi connectivity index (χ1) is 10.4. The van der Waals surface area contributed by atoms with Crippen LogP contribution in [0.2, 0.25) is 0 Å². The molecule has 8 heteroatoms. The number of para-hydroxylation sites is 1. The van der Waals surface area contributed by atoms with Crippen LogP contribution in [0, 0.1) is 0 Å². The minimum atomic E-state index is -4.61. The fourth-order valence-corrected chi connectivity index (χ4v) is 2.39. The summed E-state index contributed by atoms with van der Waals surface area (Å²) in [7, 11) is -4.61. The molecule has 0 unspecified atom stereocenters. The monoisotopic (exact) mass is 318 g/mol. The molecule has 0 radical (unpaired) electrons. The van der Waals surface area contributed by atoms with Crippen molar-refractivity contribution in [1.82, 2.24) is 9.97 Å². The van der Waals surface area contributed by atoms with Gasteiger partial charge in [-0.1, -0.05) is 24.3 Å². The molecular formula is C14H10N2O5S. The molecule has 0 fully saturated rings. The molecule has 1 heterocycles. The first-order valence-electron chi connectivity index (χ1n) is 6.19. The predicted octanol–water partition coefficient (Wildman–Crippen LogP) is 1.77. The highest BCUT2D eigenvalue weighted by Crippen LogP contribution is 2.22. The molecule has 1 aromatic heterocycles. The largest absolute Gasteiger partial charge is 0.446 e. The van der Waals surface area contributed by atoms with E-state index in [4.69, 9.17) is 4.55 Å². The average Bonchev–Trinajstić information content (AvgIpc) is 2.46. The Hall–Kier alpha value is -2.71. The van der Waals surface area contributed by atoms with Gasteiger partial charge in [0.2, 0.25) is 0 Å². The Morgan fingerprint density at radius 1 is 1.09 bits per heavy atom. The number of nitrogens with one attached hydrogen (secondary N) is 1. The third-order valence-corrected chi connectivity index (χ3v) is 3.32. The number of fused-ring (bicyclic) bond motifs is 1. The number of aromatic amines is 1. The van der Waals surface area contributed by atoms with E-state index in [0.717, 1.165) is 0 Å². The number of hydrogen-bond acceptors (Lipinski definition) is 5. The highest BCUT2D eigenvalue weighted by molar-refractivity contribution is 7.81. The minimum Gasteiger partial charge on any atom is -0.362 e. The Morgan fingerprint density at radius 2 is 1.86 bits per heavy atom. The molecule has 2 aromatic carbocycles. The minimum absolute atomic E-state index is 0.0872. The van der Waals surface area contributed by atoms with Crippen LogP contribution in [0.25, 0.3) is 22.3 Å². The lowest BCUT2D eigenvalue weighted by Crippen LogP contribution is -2.10. The van der Waals surface area contributed by atoms with Crippen LogP contribution in [0.4, 0.5) is 0 Å². The van der Waals surface area contributed by atoms with Gasteiger partial charge in [-0.3, -0.25) is 9.35 Å². The molecule has 2 N–H and O–H groups in total. The lowest BCUT2D eigenvalue weighted by molar-refractivity contribution is 0.387. The van der Waals surface area contributed by atoms with Gasteiger partial charge in [0.05, 0.1) is 10.9 Å². The van der Waals surface area contributed by atoms with E-state index in [0.29, 0.717) is 16.5 Å². The Kier molecular flexibility index (Phi) is 3.39. The molecule has 0 saturated carbocycles. The van der Waals surface area contributed by atoms with Crippen molar-refractivity contribution in [2.24, 2.45) is 0 Å². The van der Waals surface area contributed by atoms with Crippen LogP contribution in [0.15, 0.2) is 53.3 Å². The normalized spacial score (nSPS) is 11.5. The van der Waals surface area contributed by atoms with Crippen molar-refractivity contribution < 1.29 is 17.2 Å². The van der Waals surface area contributed by atoms with E-state index in [1.54, 1.807) is 30.3 Å². The summed E-state index contributed by atoms with van der Waals surface area (Å²) in [4.78, 5) is 19.0. The van der Waals surface area contributed by atoms with Gasteiger partial charge >= 0.3 is 10.4 Å².